The van der Waals surface area contributed by atoms with E-state index in [-0.39, 0.29) is 11.8 Å². The number of amides is 2. The van der Waals surface area contributed by atoms with Gasteiger partial charge in [0.05, 0.1) is 11.4 Å². The van der Waals surface area contributed by atoms with Gasteiger partial charge in [0.1, 0.15) is 0 Å². The number of aromatic amines is 1. The normalized spacial score (nSPS) is 13.7. The van der Waals surface area contributed by atoms with Crippen LogP contribution in [0.25, 0.3) is 0 Å². The van der Waals surface area contributed by atoms with E-state index in [9.17, 15) is 9.59 Å². The molecule has 0 unspecified atom stereocenters. The second-order valence-electron chi connectivity index (χ2n) is 6.03. The van der Waals surface area contributed by atoms with Crippen LogP contribution in [0.2, 0.25) is 0 Å². The molecule has 0 fully saturated rings. The third-order valence-corrected chi connectivity index (χ3v) is 5.19. The SMILES string of the molecule is CCCCNC(=O)c1n[nH]c2c1CN(C(=O)c1ccc(C)s1)CC2. The molecule has 2 aromatic heterocycles. The molecule has 0 radical (unpaired) electrons. The van der Waals surface area contributed by atoms with Crippen LogP contribution < -0.4 is 5.32 Å². The summed E-state index contributed by atoms with van der Waals surface area (Å²) in [6, 6.07) is 3.82. The Labute approximate surface area is 145 Å². The van der Waals surface area contributed by atoms with Crippen LogP contribution in [0.4, 0.5) is 0 Å². The molecule has 0 aliphatic carbocycles. The largest absolute Gasteiger partial charge is 0.351 e. The molecule has 0 saturated carbocycles. The number of fused-ring (bicyclic) bond motifs is 1. The minimum atomic E-state index is -0.165. The minimum Gasteiger partial charge on any atom is -0.351 e. The number of nitrogens with zero attached hydrogens (tertiary/aromatic N) is 2. The van der Waals surface area contributed by atoms with E-state index in [2.05, 4.69) is 22.4 Å². The molecule has 2 N–H and O–H groups in total. The van der Waals surface area contributed by atoms with Crippen molar-refractivity contribution in [2.24, 2.45) is 0 Å². The van der Waals surface area contributed by atoms with Gasteiger partial charge < -0.3 is 10.2 Å². The van der Waals surface area contributed by atoms with Crippen LogP contribution in [0, 0.1) is 6.92 Å². The highest BCUT2D eigenvalue weighted by Crippen LogP contribution is 2.24. The van der Waals surface area contributed by atoms with Crippen LogP contribution in [0.15, 0.2) is 12.1 Å². The summed E-state index contributed by atoms with van der Waals surface area (Å²) in [5.74, 6) is -0.139. The number of carbonyl (C=O) groups is 2. The van der Waals surface area contributed by atoms with E-state index in [4.69, 9.17) is 0 Å². The van der Waals surface area contributed by atoms with E-state index in [1.807, 2.05) is 19.1 Å². The number of unbranched alkanes of at least 4 members (excludes halogenated alkanes) is 1. The zero-order valence-corrected chi connectivity index (χ0v) is 14.8. The van der Waals surface area contributed by atoms with Crippen LogP contribution in [0.1, 0.15) is 56.1 Å². The predicted octanol–water partition coefficient (Wildman–Crippen LogP) is 2.51. The zero-order chi connectivity index (χ0) is 17.1. The van der Waals surface area contributed by atoms with E-state index < -0.39 is 0 Å². The van der Waals surface area contributed by atoms with Crippen molar-refractivity contribution in [3.05, 3.63) is 38.8 Å². The van der Waals surface area contributed by atoms with Crippen molar-refractivity contribution in [2.75, 3.05) is 13.1 Å². The Morgan fingerprint density at radius 2 is 2.25 bits per heavy atom. The Morgan fingerprint density at radius 3 is 2.96 bits per heavy atom. The lowest BCUT2D eigenvalue weighted by Gasteiger charge is -2.26. The van der Waals surface area contributed by atoms with Crippen LogP contribution in [0.5, 0.6) is 0 Å². The van der Waals surface area contributed by atoms with Crippen molar-refractivity contribution in [1.29, 1.82) is 0 Å². The molecule has 0 saturated heterocycles. The molecule has 2 amide bonds. The smallest absolute Gasteiger partial charge is 0.272 e. The number of H-pyrrole nitrogens is 1. The Balaban J connectivity index is 1.73. The van der Waals surface area contributed by atoms with Gasteiger partial charge in [-0.25, -0.2) is 0 Å². The summed E-state index contributed by atoms with van der Waals surface area (Å²) in [5.41, 5.74) is 2.22. The first kappa shape index (κ1) is 16.7. The molecule has 3 heterocycles. The summed E-state index contributed by atoms with van der Waals surface area (Å²) in [6.07, 6.45) is 2.67. The molecule has 0 bridgehead atoms. The highest BCUT2D eigenvalue weighted by Gasteiger charge is 2.28. The monoisotopic (exact) mass is 346 g/mol. The van der Waals surface area contributed by atoms with Crippen molar-refractivity contribution in [2.45, 2.75) is 39.7 Å². The van der Waals surface area contributed by atoms with Crippen LogP contribution in [-0.4, -0.2) is 40.0 Å². The number of hydrogen-bond donors (Lipinski definition) is 2. The number of carbonyl (C=O) groups excluding carboxylic acids is 2. The lowest BCUT2D eigenvalue weighted by Crippen LogP contribution is -2.36. The summed E-state index contributed by atoms with van der Waals surface area (Å²) in [7, 11) is 0. The van der Waals surface area contributed by atoms with Gasteiger partial charge in [-0.1, -0.05) is 13.3 Å². The van der Waals surface area contributed by atoms with Gasteiger partial charge in [0, 0.05) is 35.6 Å². The molecule has 0 aromatic carbocycles. The molecule has 128 valence electrons. The van der Waals surface area contributed by atoms with Gasteiger partial charge in [-0.3, -0.25) is 14.7 Å². The van der Waals surface area contributed by atoms with Gasteiger partial charge in [0.2, 0.25) is 0 Å². The Kier molecular flexibility index (Phi) is 4.99. The quantitative estimate of drug-likeness (QED) is 0.817. The van der Waals surface area contributed by atoms with Gasteiger partial charge in [0.15, 0.2) is 5.69 Å². The number of aryl methyl sites for hydroxylation is 1. The second kappa shape index (κ2) is 7.17. The van der Waals surface area contributed by atoms with E-state index in [1.54, 1.807) is 4.90 Å². The number of hydrogen-bond acceptors (Lipinski definition) is 4. The highest BCUT2D eigenvalue weighted by atomic mass is 32.1. The molecular formula is C17H22N4O2S. The van der Waals surface area contributed by atoms with Crippen molar-refractivity contribution < 1.29 is 9.59 Å². The molecule has 2 aromatic rings. The Morgan fingerprint density at radius 1 is 1.42 bits per heavy atom. The lowest BCUT2D eigenvalue weighted by molar-refractivity contribution is 0.0736. The van der Waals surface area contributed by atoms with Crippen LogP contribution in [-0.2, 0) is 13.0 Å². The third-order valence-electron chi connectivity index (χ3n) is 4.20. The molecule has 6 nitrogen and oxygen atoms in total. The second-order valence-corrected chi connectivity index (χ2v) is 7.31. The van der Waals surface area contributed by atoms with E-state index in [1.165, 1.54) is 11.3 Å². The van der Waals surface area contributed by atoms with E-state index in [0.717, 1.165) is 33.9 Å². The molecule has 0 spiro atoms. The van der Waals surface area contributed by atoms with Crippen molar-refractivity contribution >= 4 is 23.2 Å². The van der Waals surface area contributed by atoms with Crippen molar-refractivity contribution in [3.8, 4) is 0 Å². The van der Waals surface area contributed by atoms with E-state index in [0.29, 0.717) is 31.7 Å². The average molecular weight is 346 g/mol. The molecule has 3 rings (SSSR count). The maximum atomic E-state index is 12.6. The molecule has 1 aliphatic rings. The van der Waals surface area contributed by atoms with Crippen LogP contribution >= 0.6 is 11.3 Å². The summed E-state index contributed by atoms with van der Waals surface area (Å²) >= 11 is 1.50. The number of thiophene rings is 1. The molecule has 1 aliphatic heterocycles. The maximum absolute atomic E-state index is 12.6. The maximum Gasteiger partial charge on any atom is 0.272 e. The predicted molar refractivity (Wildman–Crippen MR) is 93.3 cm³/mol. The number of rotatable bonds is 5. The first-order valence-corrected chi connectivity index (χ1v) is 9.11. The van der Waals surface area contributed by atoms with E-state index >= 15 is 0 Å². The summed E-state index contributed by atoms with van der Waals surface area (Å²) in [5, 5.41) is 10.0. The fraction of sp³-hybridized carbons (Fsp3) is 0.471. The first-order valence-electron chi connectivity index (χ1n) is 8.30. The van der Waals surface area contributed by atoms with Crippen molar-refractivity contribution in [3.63, 3.8) is 0 Å². The average Bonchev–Trinajstić information content (AvgIpc) is 3.20. The standard InChI is InChI=1S/C17H22N4O2S/c1-3-4-8-18-16(22)15-12-10-21(9-7-13(12)19-20-15)17(23)14-6-5-11(2)24-14/h5-6H,3-4,7-10H2,1-2H3,(H,18,22)(H,19,20). The van der Waals surface area contributed by atoms with Gasteiger partial charge in [-0.15, -0.1) is 11.3 Å². The molecule has 0 atom stereocenters. The van der Waals surface area contributed by atoms with Gasteiger partial charge >= 0.3 is 0 Å². The highest BCUT2D eigenvalue weighted by molar-refractivity contribution is 7.13. The third kappa shape index (κ3) is 3.36. The molecular weight excluding hydrogens is 324 g/mol. The summed E-state index contributed by atoms with van der Waals surface area (Å²) in [6.45, 7) is 5.79. The van der Waals surface area contributed by atoms with Gasteiger partial charge in [0.25, 0.3) is 11.8 Å². The fourth-order valence-corrected chi connectivity index (χ4v) is 3.66. The molecule has 7 heteroatoms. The topological polar surface area (TPSA) is 78.1 Å². The molecule has 24 heavy (non-hydrogen) atoms. The summed E-state index contributed by atoms with van der Waals surface area (Å²) in [4.78, 5) is 28.6. The lowest BCUT2D eigenvalue weighted by atomic mass is 10.0. The summed E-state index contributed by atoms with van der Waals surface area (Å²) < 4.78 is 0. The number of nitrogens with one attached hydrogen (secondary N) is 2. The Bertz CT molecular complexity index is 750. The Hall–Kier alpha value is -2.15. The van der Waals surface area contributed by atoms with Gasteiger partial charge in [-0.05, 0) is 25.5 Å². The zero-order valence-electron chi connectivity index (χ0n) is 14.0. The minimum absolute atomic E-state index is 0.0253. The fourth-order valence-electron chi connectivity index (χ4n) is 2.82. The van der Waals surface area contributed by atoms with Crippen molar-refractivity contribution in [1.82, 2.24) is 20.4 Å². The first-order chi connectivity index (χ1) is 11.6. The van der Waals surface area contributed by atoms with Crippen LogP contribution in [0.3, 0.4) is 0 Å². The number of aromatic nitrogens is 2. The van der Waals surface area contributed by atoms with Gasteiger partial charge in [-0.2, -0.15) is 5.10 Å².